The van der Waals surface area contributed by atoms with E-state index in [0.717, 1.165) is 31.2 Å². The maximum atomic E-state index is 5.94. The molecule has 1 aliphatic carbocycles. The smallest absolute Gasteiger partial charge is 0.247 e. The number of nitrogens with one attached hydrogen (secondary N) is 1. The minimum atomic E-state index is 0.383. The van der Waals surface area contributed by atoms with Crippen LogP contribution in [0.5, 0.6) is 0 Å². The highest BCUT2D eigenvalue weighted by molar-refractivity contribution is 5.62. The Bertz CT molecular complexity index is 559. The lowest BCUT2D eigenvalue weighted by Gasteiger charge is -2.28. The van der Waals surface area contributed by atoms with Gasteiger partial charge >= 0.3 is 0 Å². The molecule has 1 aromatic carbocycles. The van der Waals surface area contributed by atoms with Gasteiger partial charge in [-0.1, -0.05) is 0 Å². The Labute approximate surface area is 118 Å². The number of benzene rings is 1. The summed E-state index contributed by atoms with van der Waals surface area (Å²) in [7, 11) is 0. The Balaban J connectivity index is 1.71. The molecular weight excluding hydrogens is 252 g/mol. The van der Waals surface area contributed by atoms with Crippen LogP contribution in [0.25, 0.3) is 11.5 Å². The number of aryl methyl sites for hydroxylation is 1. The molecule has 106 valence electrons. The van der Waals surface area contributed by atoms with E-state index in [2.05, 4.69) is 34.6 Å². The van der Waals surface area contributed by atoms with Crippen molar-refractivity contribution < 1.29 is 4.42 Å². The predicted octanol–water partition coefficient (Wildman–Crippen LogP) is 2.73. The second-order valence-electron chi connectivity index (χ2n) is 5.53. The molecule has 0 bridgehead atoms. The van der Waals surface area contributed by atoms with Crippen LogP contribution in [0, 0.1) is 6.92 Å². The topological polar surface area (TPSA) is 77.0 Å². The van der Waals surface area contributed by atoms with E-state index >= 15 is 0 Å². The summed E-state index contributed by atoms with van der Waals surface area (Å²) >= 11 is 0. The first kappa shape index (κ1) is 13.1. The van der Waals surface area contributed by atoms with Crippen LogP contribution < -0.4 is 11.1 Å². The van der Waals surface area contributed by atoms with Gasteiger partial charge in [-0.25, -0.2) is 0 Å². The highest BCUT2D eigenvalue weighted by Gasteiger charge is 2.18. The van der Waals surface area contributed by atoms with Crippen molar-refractivity contribution in [2.75, 3.05) is 5.32 Å². The molecule has 1 aromatic heterocycles. The Morgan fingerprint density at radius 3 is 2.70 bits per heavy atom. The van der Waals surface area contributed by atoms with Gasteiger partial charge in [0.05, 0.1) is 0 Å². The molecule has 2 aromatic rings. The molecule has 3 rings (SSSR count). The van der Waals surface area contributed by atoms with Crippen molar-refractivity contribution in [1.29, 1.82) is 0 Å². The maximum absolute atomic E-state index is 5.94. The fraction of sp³-hybridized carbons (Fsp3) is 0.467. The number of hydrogen-bond acceptors (Lipinski definition) is 5. The Kier molecular flexibility index (Phi) is 3.69. The standard InChI is InChI=1S/C15H20N4O/c1-10-8-11(15-19-17-9-20-15)2-7-14(10)18-13-5-3-12(16)4-6-13/h2,7-9,12-13,18H,3-6,16H2,1H3. The van der Waals surface area contributed by atoms with Gasteiger partial charge in [-0.05, 0) is 56.4 Å². The SMILES string of the molecule is Cc1cc(-c2nnco2)ccc1NC1CCC(N)CC1. The lowest BCUT2D eigenvalue weighted by molar-refractivity contribution is 0.411. The van der Waals surface area contributed by atoms with Gasteiger partial charge in [0.2, 0.25) is 12.3 Å². The van der Waals surface area contributed by atoms with Crippen LogP contribution in [-0.2, 0) is 0 Å². The number of hydrogen-bond donors (Lipinski definition) is 2. The number of anilines is 1. The van der Waals surface area contributed by atoms with E-state index in [-0.39, 0.29) is 0 Å². The summed E-state index contributed by atoms with van der Waals surface area (Å²) in [4.78, 5) is 0. The molecule has 20 heavy (non-hydrogen) atoms. The van der Waals surface area contributed by atoms with Crippen LogP contribution in [0.1, 0.15) is 31.2 Å². The number of nitrogens with zero attached hydrogens (tertiary/aromatic N) is 2. The molecule has 1 saturated carbocycles. The van der Waals surface area contributed by atoms with Crippen LogP contribution in [-0.4, -0.2) is 22.3 Å². The molecule has 5 nitrogen and oxygen atoms in total. The van der Waals surface area contributed by atoms with Crippen LogP contribution >= 0.6 is 0 Å². The summed E-state index contributed by atoms with van der Waals surface area (Å²) in [6.07, 6.45) is 5.85. The van der Waals surface area contributed by atoms with Gasteiger partial charge in [-0.3, -0.25) is 0 Å². The van der Waals surface area contributed by atoms with Crippen molar-refractivity contribution in [1.82, 2.24) is 10.2 Å². The van der Waals surface area contributed by atoms with Crippen molar-refractivity contribution in [3.8, 4) is 11.5 Å². The summed E-state index contributed by atoms with van der Waals surface area (Å²) < 4.78 is 5.22. The van der Waals surface area contributed by atoms with E-state index in [9.17, 15) is 0 Å². The van der Waals surface area contributed by atoms with E-state index in [0.29, 0.717) is 18.0 Å². The van der Waals surface area contributed by atoms with Crippen LogP contribution in [0.15, 0.2) is 29.0 Å². The quantitative estimate of drug-likeness (QED) is 0.898. The third-order valence-electron chi connectivity index (χ3n) is 3.96. The second kappa shape index (κ2) is 5.63. The van der Waals surface area contributed by atoms with E-state index in [1.807, 2.05) is 6.07 Å². The van der Waals surface area contributed by atoms with Gasteiger partial charge in [-0.2, -0.15) is 0 Å². The van der Waals surface area contributed by atoms with Gasteiger partial charge in [0, 0.05) is 23.3 Å². The highest BCUT2D eigenvalue weighted by Crippen LogP contribution is 2.26. The zero-order valence-electron chi connectivity index (χ0n) is 11.7. The first-order chi connectivity index (χ1) is 9.72. The Morgan fingerprint density at radius 1 is 1.25 bits per heavy atom. The molecular formula is C15H20N4O. The summed E-state index contributed by atoms with van der Waals surface area (Å²) in [6.45, 7) is 2.09. The van der Waals surface area contributed by atoms with Gasteiger partial charge in [0.25, 0.3) is 0 Å². The Hall–Kier alpha value is -1.88. The summed E-state index contributed by atoms with van der Waals surface area (Å²) in [5, 5.41) is 11.3. The monoisotopic (exact) mass is 272 g/mol. The normalized spacial score (nSPS) is 22.7. The number of rotatable bonds is 3. The van der Waals surface area contributed by atoms with E-state index < -0.39 is 0 Å². The van der Waals surface area contributed by atoms with E-state index in [4.69, 9.17) is 10.2 Å². The average Bonchev–Trinajstić information content (AvgIpc) is 2.97. The molecule has 0 amide bonds. The maximum Gasteiger partial charge on any atom is 0.247 e. The van der Waals surface area contributed by atoms with Gasteiger partial charge in [-0.15, -0.1) is 10.2 Å². The number of aromatic nitrogens is 2. The molecule has 5 heteroatoms. The van der Waals surface area contributed by atoms with Crippen LogP contribution in [0.2, 0.25) is 0 Å². The van der Waals surface area contributed by atoms with Gasteiger partial charge < -0.3 is 15.5 Å². The highest BCUT2D eigenvalue weighted by atomic mass is 16.4. The van der Waals surface area contributed by atoms with Crippen molar-refractivity contribution in [2.45, 2.75) is 44.7 Å². The van der Waals surface area contributed by atoms with Crippen molar-refractivity contribution in [3.63, 3.8) is 0 Å². The Morgan fingerprint density at radius 2 is 2.05 bits per heavy atom. The molecule has 0 aliphatic heterocycles. The first-order valence-electron chi connectivity index (χ1n) is 7.11. The minimum absolute atomic E-state index is 0.383. The fourth-order valence-electron chi connectivity index (χ4n) is 2.74. The molecule has 0 unspecified atom stereocenters. The van der Waals surface area contributed by atoms with Crippen molar-refractivity contribution in [2.24, 2.45) is 5.73 Å². The molecule has 3 N–H and O–H groups in total. The van der Waals surface area contributed by atoms with E-state index in [1.165, 1.54) is 17.6 Å². The fourth-order valence-corrected chi connectivity index (χ4v) is 2.74. The third kappa shape index (κ3) is 2.82. The second-order valence-corrected chi connectivity index (χ2v) is 5.53. The van der Waals surface area contributed by atoms with Crippen molar-refractivity contribution >= 4 is 5.69 Å². The van der Waals surface area contributed by atoms with Crippen LogP contribution in [0.3, 0.4) is 0 Å². The molecule has 1 aliphatic rings. The molecule has 1 fully saturated rings. The molecule has 0 radical (unpaired) electrons. The van der Waals surface area contributed by atoms with Crippen molar-refractivity contribution in [3.05, 3.63) is 30.2 Å². The first-order valence-corrected chi connectivity index (χ1v) is 7.11. The molecule has 1 heterocycles. The number of nitrogens with two attached hydrogens (primary N) is 1. The zero-order valence-corrected chi connectivity index (χ0v) is 11.7. The predicted molar refractivity (Wildman–Crippen MR) is 78.3 cm³/mol. The van der Waals surface area contributed by atoms with Gasteiger partial charge in [0.1, 0.15) is 0 Å². The largest absolute Gasteiger partial charge is 0.423 e. The molecule has 0 spiro atoms. The summed E-state index contributed by atoms with van der Waals surface area (Å²) in [5.74, 6) is 0.559. The lowest BCUT2D eigenvalue weighted by atomic mass is 9.91. The minimum Gasteiger partial charge on any atom is -0.423 e. The lowest BCUT2D eigenvalue weighted by Crippen LogP contribution is -2.32. The molecule has 0 saturated heterocycles. The summed E-state index contributed by atoms with van der Waals surface area (Å²) in [5.41, 5.74) is 9.26. The van der Waals surface area contributed by atoms with Crippen LogP contribution in [0.4, 0.5) is 5.69 Å². The van der Waals surface area contributed by atoms with Gasteiger partial charge in [0.15, 0.2) is 0 Å². The summed E-state index contributed by atoms with van der Waals surface area (Å²) in [6, 6.07) is 7.09. The van der Waals surface area contributed by atoms with E-state index in [1.54, 1.807) is 0 Å². The average molecular weight is 272 g/mol. The zero-order chi connectivity index (χ0) is 13.9. The molecule has 0 atom stereocenters. The third-order valence-corrected chi connectivity index (χ3v) is 3.96.